The number of amides is 1. The van der Waals surface area contributed by atoms with Crippen LogP contribution in [-0.2, 0) is 16.1 Å². The molecule has 2 N–H and O–H groups in total. The molecule has 0 saturated carbocycles. The fourth-order valence-corrected chi connectivity index (χ4v) is 2.27. The zero-order valence-corrected chi connectivity index (χ0v) is 11.0. The SMILES string of the molecule is COCc1ccccc1NC(=O)C1(C)CCCN1. The molecule has 1 unspecified atom stereocenters. The van der Waals surface area contributed by atoms with Crippen LogP contribution in [0.2, 0.25) is 0 Å². The van der Waals surface area contributed by atoms with E-state index >= 15 is 0 Å². The molecular weight excluding hydrogens is 228 g/mol. The molecule has 1 aliphatic heterocycles. The summed E-state index contributed by atoms with van der Waals surface area (Å²) in [5.41, 5.74) is 1.38. The number of nitrogens with one attached hydrogen (secondary N) is 2. The average Bonchev–Trinajstić information content (AvgIpc) is 2.80. The normalized spacial score (nSPS) is 23.0. The van der Waals surface area contributed by atoms with E-state index in [4.69, 9.17) is 4.74 Å². The van der Waals surface area contributed by atoms with Gasteiger partial charge in [-0.25, -0.2) is 0 Å². The van der Waals surface area contributed by atoms with Gasteiger partial charge < -0.3 is 15.4 Å². The molecule has 0 spiro atoms. The Morgan fingerprint density at radius 2 is 2.28 bits per heavy atom. The first-order chi connectivity index (χ1) is 8.65. The summed E-state index contributed by atoms with van der Waals surface area (Å²) in [5.74, 6) is 0.0311. The topological polar surface area (TPSA) is 50.4 Å². The lowest BCUT2D eigenvalue weighted by Crippen LogP contribution is -2.48. The molecule has 2 rings (SSSR count). The van der Waals surface area contributed by atoms with Crippen LogP contribution in [0.15, 0.2) is 24.3 Å². The van der Waals surface area contributed by atoms with Crippen molar-refractivity contribution in [2.45, 2.75) is 31.9 Å². The van der Waals surface area contributed by atoms with Crippen LogP contribution < -0.4 is 10.6 Å². The van der Waals surface area contributed by atoms with E-state index in [9.17, 15) is 4.79 Å². The van der Waals surface area contributed by atoms with Crippen LogP contribution in [0.1, 0.15) is 25.3 Å². The van der Waals surface area contributed by atoms with Gasteiger partial charge in [0.05, 0.1) is 12.1 Å². The van der Waals surface area contributed by atoms with Gasteiger partial charge in [-0.1, -0.05) is 18.2 Å². The van der Waals surface area contributed by atoms with Gasteiger partial charge in [-0.3, -0.25) is 4.79 Å². The summed E-state index contributed by atoms with van der Waals surface area (Å²) in [6.07, 6.45) is 1.93. The third-order valence-corrected chi connectivity index (χ3v) is 3.44. The van der Waals surface area contributed by atoms with Crippen molar-refractivity contribution in [1.29, 1.82) is 0 Å². The molecule has 18 heavy (non-hydrogen) atoms. The van der Waals surface area contributed by atoms with Gasteiger partial charge in [0, 0.05) is 18.4 Å². The molecule has 0 radical (unpaired) electrons. The molecule has 1 heterocycles. The number of hydrogen-bond acceptors (Lipinski definition) is 3. The van der Waals surface area contributed by atoms with Gasteiger partial charge in [-0.05, 0) is 32.4 Å². The van der Waals surface area contributed by atoms with E-state index in [0.717, 1.165) is 30.6 Å². The molecule has 1 fully saturated rings. The predicted octanol–water partition coefficient (Wildman–Crippen LogP) is 1.91. The number of hydrogen-bond donors (Lipinski definition) is 2. The Kier molecular flexibility index (Phi) is 3.99. The van der Waals surface area contributed by atoms with Crippen LogP contribution >= 0.6 is 0 Å². The van der Waals surface area contributed by atoms with Gasteiger partial charge in [-0.2, -0.15) is 0 Å². The zero-order valence-electron chi connectivity index (χ0n) is 11.0. The van der Waals surface area contributed by atoms with E-state index in [2.05, 4.69) is 10.6 Å². The van der Waals surface area contributed by atoms with E-state index in [0.29, 0.717) is 6.61 Å². The summed E-state index contributed by atoms with van der Waals surface area (Å²) < 4.78 is 5.13. The highest BCUT2D eigenvalue weighted by Gasteiger charge is 2.35. The van der Waals surface area contributed by atoms with E-state index < -0.39 is 5.54 Å². The molecular formula is C14H20N2O2. The highest BCUT2D eigenvalue weighted by atomic mass is 16.5. The molecule has 1 atom stereocenters. The Morgan fingerprint density at radius 3 is 2.94 bits per heavy atom. The van der Waals surface area contributed by atoms with Crippen molar-refractivity contribution in [3.63, 3.8) is 0 Å². The maximum absolute atomic E-state index is 12.3. The maximum atomic E-state index is 12.3. The van der Waals surface area contributed by atoms with Crippen molar-refractivity contribution in [2.24, 2.45) is 0 Å². The van der Waals surface area contributed by atoms with Crippen LogP contribution in [0, 0.1) is 0 Å². The molecule has 1 aliphatic rings. The molecule has 4 heteroatoms. The lowest BCUT2D eigenvalue weighted by molar-refractivity contribution is -0.121. The number of para-hydroxylation sites is 1. The summed E-state index contributed by atoms with van der Waals surface area (Å²) in [5, 5.41) is 6.26. The van der Waals surface area contributed by atoms with E-state index in [-0.39, 0.29) is 5.91 Å². The van der Waals surface area contributed by atoms with Crippen LogP contribution in [0.25, 0.3) is 0 Å². The van der Waals surface area contributed by atoms with Crippen molar-refractivity contribution in [2.75, 3.05) is 19.0 Å². The summed E-state index contributed by atoms with van der Waals surface area (Å²) in [6.45, 7) is 3.36. The van der Waals surface area contributed by atoms with Gasteiger partial charge >= 0.3 is 0 Å². The second-order valence-corrected chi connectivity index (χ2v) is 4.91. The standard InChI is InChI=1S/C14H20N2O2/c1-14(8-5-9-15-14)13(17)16-12-7-4-3-6-11(12)10-18-2/h3-4,6-7,15H,5,8-10H2,1-2H3,(H,16,17). The molecule has 1 saturated heterocycles. The lowest BCUT2D eigenvalue weighted by Gasteiger charge is -2.23. The highest BCUT2D eigenvalue weighted by Crippen LogP contribution is 2.22. The fourth-order valence-electron chi connectivity index (χ4n) is 2.27. The monoisotopic (exact) mass is 248 g/mol. The summed E-state index contributed by atoms with van der Waals surface area (Å²) >= 11 is 0. The van der Waals surface area contributed by atoms with Crippen molar-refractivity contribution in [3.05, 3.63) is 29.8 Å². The Balaban J connectivity index is 2.11. The number of carbonyl (C=O) groups is 1. The number of benzene rings is 1. The minimum absolute atomic E-state index is 0.0311. The zero-order chi connectivity index (χ0) is 13.0. The van der Waals surface area contributed by atoms with E-state index in [1.165, 1.54) is 0 Å². The Bertz CT molecular complexity index is 426. The number of rotatable bonds is 4. The van der Waals surface area contributed by atoms with Crippen molar-refractivity contribution < 1.29 is 9.53 Å². The second kappa shape index (κ2) is 5.50. The number of ether oxygens (including phenoxy) is 1. The highest BCUT2D eigenvalue weighted by molar-refractivity contribution is 5.98. The second-order valence-electron chi connectivity index (χ2n) is 4.91. The first-order valence-corrected chi connectivity index (χ1v) is 6.29. The Hall–Kier alpha value is -1.39. The third kappa shape index (κ3) is 2.71. The minimum atomic E-state index is -0.444. The average molecular weight is 248 g/mol. The van der Waals surface area contributed by atoms with Crippen molar-refractivity contribution >= 4 is 11.6 Å². The summed E-state index contributed by atoms with van der Waals surface area (Å²) in [6, 6.07) is 7.73. The predicted molar refractivity (Wildman–Crippen MR) is 71.4 cm³/mol. The minimum Gasteiger partial charge on any atom is -0.380 e. The molecule has 1 aromatic carbocycles. The number of methoxy groups -OCH3 is 1. The van der Waals surface area contributed by atoms with E-state index in [1.807, 2.05) is 31.2 Å². The van der Waals surface area contributed by atoms with Gasteiger partial charge in [0.25, 0.3) is 0 Å². The van der Waals surface area contributed by atoms with Gasteiger partial charge in [0.1, 0.15) is 0 Å². The number of carbonyl (C=O) groups excluding carboxylic acids is 1. The lowest BCUT2D eigenvalue weighted by atomic mass is 9.99. The van der Waals surface area contributed by atoms with Crippen molar-refractivity contribution in [1.82, 2.24) is 5.32 Å². The largest absolute Gasteiger partial charge is 0.380 e. The molecule has 1 amide bonds. The quantitative estimate of drug-likeness (QED) is 0.856. The number of anilines is 1. The first-order valence-electron chi connectivity index (χ1n) is 6.29. The van der Waals surface area contributed by atoms with Crippen LogP contribution in [0.4, 0.5) is 5.69 Å². The van der Waals surface area contributed by atoms with Crippen LogP contribution in [0.5, 0.6) is 0 Å². The fraction of sp³-hybridized carbons (Fsp3) is 0.500. The smallest absolute Gasteiger partial charge is 0.244 e. The van der Waals surface area contributed by atoms with Gasteiger partial charge in [0.15, 0.2) is 0 Å². The van der Waals surface area contributed by atoms with Gasteiger partial charge in [-0.15, -0.1) is 0 Å². The van der Waals surface area contributed by atoms with Crippen LogP contribution in [0.3, 0.4) is 0 Å². The Labute approximate surface area is 108 Å². The molecule has 1 aromatic rings. The molecule has 4 nitrogen and oxygen atoms in total. The Morgan fingerprint density at radius 1 is 1.50 bits per heavy atom. The maximum Gasteiger partial charge on any atom is 0.244 e. The van der Waals surface area contributed by atoms with Crippen LogP contribution in [-0.4, -0.2) is 25.1 Å². The molecule has 0 aromatic heterocycles. The first kappa shape index (κ1) is 13.1. The molecule has 0 aliphatic carbocycles. The molecule has 98 valence electrons. The molecule has 0 bridgehead atoms. The van der Waals surface area contributed by atoms with Gasteiger partial charge in [0.2, 0.25) is 5.91 Å². The summed E-state index contributed by atoms with van der Waals surface area (Å²) in [7, 11) is 1.65. The van der Waals surface area contributed by atoms with Crippen molar-refractivity contribution in [3.8, 4) is 0 Å². The summed E-state index contributed by atoms with van der Waals surface area (Å²) in [4.78, 5) is 12.3. The van der Waals surface area contributed by atoms with E-state index in [1.54, 1.807) is 7.11 Å². The third-order valence-electron chi connectivity index (χ3n) is 3.44.